The molecule has 142 valence electrons. The van der Waals surface area contributed by atoms with Gasteiger partial charge in [0.15, 0.2) is 12.4 Å². The summed E-state index contributed by atoms with van der Waals surface area (Å²) < 4.78 is 5.40. The van der Waals surface area contributed by atoms with E-state index in [0.717, 1.165) is 31.2 Å². The number of nitro benzene ring substituents is 1. The van der Waals surface area contributed by atoms with Gasteiger partial charge in [0.05, 0.1) is 11.0 Å². The Bertz CT molecular complexity index is 807. The van der Waals surface area contributed by atoms with Gasteiger partial charge in [0.1, 0.15) is 0 Å². The van der Waals surface area contributed by atoms with E-state index >= 15 is 0 Å². The molecule has 0 radical (unpaired) electrons. The van der Waals surface area contributed by atoms with Crippen molar-refractivity contribution < 1.29 is 14.5 Å². The molecule has 0 aliphatic heterocycles. The number of benzene rings is 2. The van der Waals surface area contributed by atoms with Crippen molar-refractivity contribution in [2.45, 2.75) is 31.7 Å². The van der Waals surface area contributed by atoms with Gasteiger partial charge in [0.25, 0.3) is 5.91 Å². The number of rotatable bonds is 7. The maximum atomic E-state index is 12.5. The largest absolute Gasteiger partial charge is 0.477 e. The molecule has 0 saturated heterocycles. The molecule has 27 heavy (non-hydrogen) atoms. The van der Waals surface area contributed by atoms with Crippen molar-refractivity contribution in [2.75, 3.05) is 6.61 Å². The molecule has 0 heterocycles. The Labute approximate surface area is 162 Å². The highest BCUT2D eigenvalue weighted by molar-refractivity contribution is 6.30. The van der Waals surface area contributed by atoms with Crippen molar-refractivity contribution in [1.29, 1.82) is 0 Å². The standard InChI is InChI=1S/C20H21ClN2O4/c21-16-10-11-18(17(12-16)23(25)26)27-13-19(24)22-20(15-8-4-5-9-15)14-6-2-1-3-7-14/h1-3,6-7,10-12,15,20H,4-5,8-9,13H2,(H,22,24)/t20-/m1/s1. The second-order valence-electron chi connectivity index (χ2n) is 6.66. The Morgan fingerprint density at radius 2 is 1.93 bits per heavy atom. The van der Waals surface area contributed by atoms with E-state index in [1.807, 2.05) is 30.3 Å². The van der Waals surface area contributed by atoms with E-state index in [-0.39, 0.29) is 35.0 Å². The van der Waals surface area contributed by atoms with Gasteiger partial charge in [-0.15, -0.1) is 0 Å². The topological polar surface area (TPSA) is 81.5 Å². The summed E-state index contributed by atoms with van der Waals surface area (Å²) in [5.41, 5.74) is 0.806. The van der Waals surface area contributed by atoms with Crippen LogP contribution in [-0.4, -0.2) is 17.4 Å². The Balaban J connectivity index is 1.67. The van der Waals surface area contributed by atoms with Gasteiger partial charge in [-0.25, -0.2) is 0 Å². The lowest BCUT2D eigenvalue weighted by molar-refractivity contribution is -0.385. The smallest absolute Gasteiger partial charge is 0.312 e. The zero-order valence-corrected chi connectivity index (χ0v) is 15.5. The Hall–Kier alpha value is -2.60. The van der Waals surface area contributed by atoms with Crippen LogP contribution in [0.25, 0.3) is 0 Å². The lowest BCUT2D eigenvalue weighted by atomic mass is 9.91. The molecule has 1 N–H and O–H groups in total. The number of nitro groups is 1. The highest BCUT2D eigenvalue weighted by Crippen LogP contribution is 2.35. The number of nitrogens with zero attached hydrogens (tertiary/aromatic N) is 1. The van der Waals surface area contributed by atoms with Crippen molar-refractivity contribution in [3.63, 3.8) is 0 Å². The fourth-order valence-corrected chi connectivity index (χ4v) is 3.70. The summed E-state index contributed by atoms with van der Waals surface area (Å²) in [7, 11) is 0. The first-order valence-electron chi connectivity index (χ1n) is 8.95. The number of amides is 1. The van der Waals surface area contributed by atoms with Crippen molar-refractivity contribution >= 4 is 23.2 Å². The molecule has 1 saturated carbocycles. The summed E-state index contributed by atoms with van der Waals surface area (Å²) in [6.07, 6.45) is 4.47. The first-order valence-corrected chi connectivity index (χ1v) is 9.33. The van der Waals surface area contributed by atoms with Gasteiger partial charge >= 0.3 is 5.69 Å². The normalized spacial score (nSPS) is 15.3. The number of halogens is 1. The lowest BCUT2D eigenvalue weighted by Gasteiger charge is -2.25. The first kappa shape index (κ1) is 19.2. The summed E-state index contributed by atoms with van der Waals surface area (Å²) in [6, 6.07) is 13.9. The molecule has 0 aromatic heterocycles. The number of hydrogen-bond donors (Lipinski definition) is 1. The predicted octanol–water partition coefficient (Wildman–Crippen LogP) is 4.67. The van der Waals surface area contributed by atoms with Gasteiger partial charge in [-0.05, 0) is 36.5 Å². The fraction of sp³-hybridized carbons (Fsp3) is 0.350. The maximum absolute atomic E-state index is 12.5. The third-order valence-electron chi connectivity index (χ3n) is 4.82. The summed E-state index contributed by atoms with van der Waals surface area (Å²) in [4.78, 5) is 23.0. The molecule has 0 spiro atoms. The average molecular weight is 389 g/mol. The van der Waals surface area contributed by atoms with Crippen LogP contribution in [0.2, 0.25) is 5.02 Å². The van der Waals surface area contributed by atoms with Crippen molar-refractivity contribution in [3.8, 4) is 5.75 Å². The van der Waals surface area contributed by atoms with E-state index in [2.05, 4.69) is 5.32 Å². The summed E-state index contributed by atoms with van der Waals surface area (Å²) in [5.74, 6) is 0.109. The van der Waals surface area contributed by atoms with Crippen LogP contribution in [0.4, 0.5) is 5.69 Å². The van der Waals surface area contributed by atoms with E-state index in [1.165, 1.54) is 18.2 Å². The van der Waals surface area contributed by atoms with Crippen LogP contribution in [0.3, 0.4) is 0 Å². The van der Waals surface area contributed by atoms with Crippen molar-refractivity contribution in [3.05, 3.63) is 69.2 Å². The summed E-state index contributed by atoms with van der Waals surface area (Å²) in [5, 5.41) is 14.4. The van der Waals surface area contributed by atoms with Gasteiger partial charge in [-0.1, -0.05) is 54.8 Å². The summed E-state index contributed by atoms with van der Waals surface area (Å²) in [6.45, 7) is -0.293. The quantitative estimate of drug-likeness (QED) is 0.551. The molecular weight excluding hydrogens is 368 g/mol. The van der Waals surface area contributed by atoms with E-state index in [0.29, 0.717) is 5.92 Å². The molecule has 1 atom stereocenters. The van der Waals surface area contributed by atoms with E-state index < -0.39 is 4.92 Å². The number of ether oxygens (including phenoxy) is 1. The van der Waals surface area contributed by atoms with E-state index in [1.54, 1.807) is 0 Å². The van der Waals surface area contributed by atoms with Crippen molar-refractivity contribution in [1.82, 2.24) is 5.32 Å². The zero-order chi connectivity index (χ0) is 19.2. The SMILES string of the molecule is O=C(COc1ccc(Cl)cc1[N+](=O)[O-])N[C@H](c1ccccc1)C1CCCC1. The first-order chi connectivity index (χ1) is 13.0. The minimum Gasteiger partial charge on any atom is -0.477 e. The highest BCUT2D eigenvalue weighted by atomic mass is 35.5. The van der Waals surface area contributed by atoms with Crippen molar-refractivity contribution in [2.24, 2.45) is 5.92 Å². The van der Waals surface area contributed by atoms with Crippen LogP contribution in [0.5, 0.6) is 5.75 Å². The van der Waals surface area contributed by atoms with Crippen LogP contribution in [-0.2, 0) is 4.79 Å². The monoisotopic (exact) mass is 388 g/mol. The average Bonchev–Trinajstić information content (AvgIpc) is 3.20. The molecule has 0 unspecified atom stereocenters. The van der Waals surface area contributed by atoms with Crippen LogP contribution in [0.1, 0.15) is 37.3 Å². The Morgan fingerprint density at radius 1 is 1.22 bits per heavy atom. The lowest BCUT2D eigenvalue weighted by Crippen LogP contribution is -2.36. The molecule has 0 bridgehead atoms. The van der Waals surface area contributed by atoms with Crippen LogP contribution < -0.4 is 10.1 Å². The maximum Gasteiger partial charge on any atom is 0.312 e. The van der Waals surface area contributed by atoms with Crippen LogP contribution in [0.15, 0.2) is 48.5 Å². The second kappa shape index (κ2) is 8.86. The minimum atomic E-state index is -0.579. The fourth-order valence-electron chi connectivity index (χ4n) is 3.54. The Kier molecular flexibility index (Phi) is 6.29. The van der Waals surface area contributed by atoms with Gasteiger partial charge in [-0.3, -0.25) is 14.9 Å². The molecule has 1 amide bonds. The van der Waals surface area contributed by atoms with Gasteiger partial charge < -0.3 is 10.1 Å². The Morgan fingerprint density at radius 3 is 2.59 bits per heavy atom. The minimum absolute atomic E-state index is 0.0247. The predicted molar refractivity (Wildman–Crippen MR) is 103 cm³/mol. The molecule has 6 nitrogen and oxygen atoms in total. The van der Waals surface area contributed by atoms with Gasteiger partial charge in [0, 0.05) is 11.1 Å². The molecule has 3 rings (SSSR count). The molecular formula is C20H21ClN2O4. The zero-order valence-electron chi connectivity index (χ0n) is 14.8. The molecule has 2 aromatic rings. The highest BCUT2D eigenvalue weighted by Gasteiger charge is 2.28. The van der Waals surface area contributed by atoms with E-state index in [9.17, 15) is 14.9 Å². The number of hydrogen-bond acceptors (Lipinski definition) is 4. The number of nitrogens with one attached hydrogen (secondary N) is 1. The molecule has 1 aliphatic rings. The van der Waals surface area contributed by atoms with Crippen LogP contribution >= 0.6 is 11.6 Å². The molecule has 7 heteroatoms. The van der Waals surface area contributed by atoms with Crippen LogP contribution in [0, 0.1) is 16.0 Å². The second-order valence-corrected chi connectivity index (χ2v) is 7.09. The van der Waals surface area contributed by atoms with E-state index in [4.69, 9.17) is 16.3 Å². The third kappa shape index (κ3) is 4.98. The number of carbonyl (C=O) groups is 1. The van der Waals surface area contributed by atoms with Gasteiger partial charge in [-0.2, -0.15) is 0 Å². The summed E-state index contributed by atoms with van der Waals surface area (Å²) >= 11 is 5.79. The van der Waals surface area contributed by atoms with Gasteiger partial charge in [0.2, 0.25) is 0 Å². The molecule has 2 aromatic carbocycles. The third-order valence-corrected chi connectivity index (χ3v) is 5.06. The number of carbonyl (C=O) groups excluding carboxylic acids is 1. The molecule has 1 aliphatic carbocycles. The molecule has 1 fully saturated rings.